The van der Waals surface area contributed by atoms with Crippen LogP contribution in [0.1, 0.15) is 15.9 Å². The van der Waals surface area contributed by atoms with E-state index in [1.54, 1.807) is 0 Å². The number of hydrogen-bond acceptors (Lipinski definition) is 4. The van der Waals surface area contributed by atoms with Gasteiger partial charge in [0.2, 0.25) is 0 Å². The number of nitrogens with zero attached hydrogens (tertiary/aromatic N) is 1. The molecule has 86 valence electrons. The Hall–Kier alpha value is -2.14. The summed E-state index contributed by atoms with van der Waals surface area (Å²) in [5.41, 5.74) is 9.53. The van der Waals surface area contributed by atoms with Gasteiger partial charge in [0, 0.05) is 18.3 Å². The summed E-state index contributed by atoms with van der Waals surface area (Å²) in [6.07, 6.45) is 1.54. The number of carbonyl (C=O) groups is 1. The highest BCUT2D eigenvalue weighted by atomic mass is 16.1. The van der Waals surface area contributed by atoms with Gasteiger partial charge in [0.05, 0.1) is 23.6 Å². The zero-order valence-electron chi connectivity index (χ0n) is 9.16. The van der Waals surface area contributed by atoms with Crippen molar-refractivity contribution in [1.29, 1.82) is 0 Å². The molecule has 3 aliphatic rings. The van der Waals surface area contributed by atoms with E-state index < -0.39 is 5.91 Å². The predicted octanol–water partition coefficient (Wildman–Crippen LogP) is 0.758. The zero-order valence-corrected chi connectivity index (χ0v) is 9.16. The average molecular weight is 228 g/mol. The lowest BCUT2D eigenvalue weighted by Gasteiger charge is -2.18. The van der Waals surface area contributed by atoms with Gasteiger partial charge in [-0.2, -0.15) is 0 Å². The van der Waals surface area contributed by atoms with Crippen molar-refractivity contribution in [2.75, 3.05) is 12.0 Å². The van der Waals surface area contributed by atoms with Crippen LogP contribution in [0.5, 0.6) is 0 Å². The molecule has 0 aromatic rings. The molecule has 4 N–H and O–H groups in total. The van der Waals surface area contributed by atoms with Crippen LogP contribution in [-0.4, -0.2) is 17.6 Å². The van der Waals surface area contributed by atoms with E-state index in [1.807, 2.05) is 18.2 Å². The number of aromatic nitrogens is 1. The SMILES string of the molecule is NC(=O)c1cnc2c3c(cccc1-2)CNCN3. The highest BCUT2D eigenvalue weighted by Gasteiger charge is 2.20. The number of primary amides is 1. The van der Waals surface area contributed by atoms with E-state index in [1.165, 1.54) is 6.20 Å². The van der Waals surface area contributed by atoms with E-state index >= 15 is 0 Å². The van der Waals surface area contributed by atoms with Crippen LogP contribution in [0.4, 0.5) is 5.69 Å². The van der Waals surface area contributed by atoms with Crippen LogP contribution < -0.4 is 16.4 Å². The second-order valence-electron chi connectivity index (χ2n) is 4.00. The Bertz CT molecular complexity index is 567. The van der Waals surface area contributed by atoms with Gasteiger partial charge in [0.15, 0.2) is 0 Å². The van der Waals surface area contributed by atoms with Crippen molar-refractivity contribution < 1.29 is 4.79 Å². The highest BCUT2D eigenvalue weighted by molar-refractivity contribution is 6.01. The molecule has 0 aromatic heterocycles. The number of carbonyl (C=O) groups excluding carboxylic acids is 1. The maximum absolute atomic E-state index is 11.3. The van der Waals surface area contributed by atoms with Crippen LogP contribution in [0.25, 0.3) is 11.3 Å². The third-order valence-corrected chi connectivity index (χ3v) is 2.96. The number of amides is 1. The minimum atomic E-state index is -0.443. The van der Waals surface area contributed by atoms with E-state index in [0.717, 1.165) is 29.1 Å². The van der Waals surface area contributed by atoms with Crippen molar-refractivity contribution in [3.63, 3.8) is 0 Å². The normalized spacial score (nSPS) is 14.1. The number of nitrogens with one attached hydrogen (secondary N) is 2. The van der Waals surface area contributed by atoms with Gasteiger partial charge in [-0.15, -0.1) is 0 Å². The molecule has 5 heteroatoms. The van der Waals surface area contributed by atoms with E-state index in [9.17, 15) is 4.79 Å². The topological polar surface area (TPSA) is 80.0 Å². The van der Waals surface area contributed by atoms with Gasteiger partial charge in [-0.25, -0.2) is 0 Å². The largest absolute Gasteiger partial charge is 0.370 e. The fourth-order valence-electron chi connectivity index (χ4n) is 2.15. The summed E-state index contributed by atoms with van der Waals surface area (Å²) in [7, 11) is 0. The van der Waals surface area contributed by atoms with Gasteiger partial charge >= 0.3 is 0 Å². The summed E-state index contributed by atoms with van der Waals surface area (Å²) in [6, 6.07) is 5.81. The van der Waals surface area contributed by atoms with E-state index in [0.29, 0.717) is 12.2 Å². The zero-order chi connectivity index (χ0) is 11.8. The number of nitrogens with two attached hydrogens (primary N) is 1. The molecule has 0 spiro atoms. The van der Waals surface area contributed by atoms with Crippen molar-refractivity contribution in [3.8, 4) is 11.3 Å². The van der Waals surface area contributed by atoms with Crippen LogP contribution in [0, 0.1) is 0 Å². The maximum atomic E-state index is 11.3. The standard InChI is InChI=1S/C12H12N4O/c13-12(17)9-5-15-11-8(9)3-1-2-7-4-14-6-16-10(7)11/h1-3,5,14,16H,4,6H2,(H2,13,17). The Kier molecular flexibility index (Phi) is 2.19. The van der Waals surface area contributed by atoms with E-state index in [4.69, 9.17) is 5.73 Å². The summed E-state index contributed by atoms with van der Waals surface area (Å²) < 4.78 is 0. The van der Waals surface area contributed by atoms with E-state index in [2.05, 4.69) is 15.6 Å². The summed E-state index contributed by atoms with van der Waals surface area (Å²) in [4.78, 5) is 15.6. The van der Waals surface area contributed by atoms with Gasteiger partial charge < -0.3 is 11.1 Å². The molecule has 1 aliphatic carbocycles. The Balaban J connectivity index is 2.25. The lowest BCUT2D eigenvalue weighted by molar-refractivity contribution is 0.100. The van der Waals surface area contributed by atoms with Gasteiger partial charge in [0.25, 0.3) is 5.91 Å². The quantitative estimate of drug-likeness (QED) is 0.673. The lowest BCUT2D eigenvalue weighted by atomic mass is 10.1. The third kappa shape index (κ3) is 1.52. The molecule has 3 rings (SSSR count). The first-order valence-electron chi connectivity index (χ1n) is 5.42. The minimum Gasteiger partial charge on any atom is -0.370 e. The Morgan fingerprint density at radius 3 is 3.12 bits per heavy atom. The fourth-order valence-corrected chi connectivity index (χ4v) is 2.15. The number of rotatable bonds is 1. The first kappa shape index (κ1) is 10.0. The van der Waals surface area contributed by atoms with Gasteiger partial charge in [-0.3, -0.25) is 15.1 Å². The molecule has 0 saturated carbocycles. The molecule has 0 atom stereocenters. The monoisotopic (exact) mass is 228 g/mol. The number of fused-ring (bicyclic) bond motifs is 3. The Labute approximate surface area is 98.4 Å². The average Bonchev–Trinajstić information content (AvgIpc) is 2.66. The van der Waals surface area contributed by atoms with Crippen molar-refractivity contribution in [1.82, 2.24) is 10.3 Å². The molecule has 2 heterocycles. The molecular weight excluding hydrogens is 216 g/mol. The predicted molar refractivity (Wildman–Crippen MR) is 64.7 cm³/mol. The van der Waals surface area contributed by atoms with Crippen molar-refractivity contribution in [2.24, 2.45) is 5.73 Å². The second-order valence-corrected chi connectivity index (χ2v) is 4.00. The van der Waals surface area contributed by atoms with Crippen LogP contribution in [-0.2, 0) is 6.54 Å². The fraction of sp³-hybridized carbons (Fsp3) is 0.167. The summed E-state index contributed by atoms with van der Waals surface area (Å²) in [5.74, 6) is -0.443. The molecule has 1 amide bonds. The molecule has 0 saturated heterocycles. The molecule has 0 fully saturated rings. The highest BCUT2D eigenvalue weighted by Crippen LogP contribution is 2.33. The third-order valence-electron chi connectivity index (χ3n) is 2.96. The lowest BCUT2D eigenvalue weighted by Crippen LogP contribution is -2.27. The van der Waals surface area contributed by atoms with Crippen molar-refractivity contribution in [3.05, 3.63) is 35.5 Å². The van der Waals surface area contributed by atoms with Gasteiger partial charge in [-0.05, 0) is 5.56 Å². The minimum absolute atomic E-state index is 0.443. The molecule has 0 bridgehead atoms. The summed E-state index contributed by atoms with van der Waals surface area (Å²) >= 11 is 0. The van der Waals surface area contributed by atoms with E-state index in [-0.39, 0.29) is 0 Å². The smallest absolute Gasteiger partial charge is 0.250 e. The van der Waals surface area contributed by atoms with Crippen LogP contribution in [0.2, 0.25) is 0 Å². The molecule has 0 unspecified atom stereocenters. The first-order valence-corrected chi connectivity index (χ1v) is 5.42. The maximum Gasteiger partial charge on any atom is 0.250 e. The molecule has 17 heavy (non-hydrogen) atoms. The molecule has 5 nitrogen and oxygen atoms in total. The Morgan fingerprint density at radius 1 is 1.41 bits per heavy atom. The first-order chi connectivity index (χ1) is 8.27. The van der Waals surface area contributed by atoms with Gasteiger partial charge in [0.1, 0.15) is 0 Å². The summed E-state index contributed by atoms with van der Waals surface area (Å²) in [6.45, 7) is 1.50. The van der Waals surface area contributed by atoms with Crippen molar-refractivity contribution >= 4 is 11.6 Å². The molecule has 0 radical (unpaired) electrons. The molecular formula is C12H12N4O. The second kappa shape index (κ2) is 3.71. The van der Waals surface area contributed by atoms with Crippen LogP contribution in [0.15, 0.2) is 24.4 Å². The Morgan fingerprint density at radius 2 is 2.29 bits per heavy atom. The summed E-state index contributed by atoms with van der Waals surface area (Å²) in [5, 5.41) is 6.47. The number of hydrogen-bond donors (Lipinski definition) is 3. The van der Waals surface area contributed by atoms with Crippen LogP contribution >= 0.6 is 0 Å². The molecule has 0 aromatic carbocycles. The van der Waals surface area contributed by atoms with Gasteiger partial charge in [-0.1, -0.05) is 18.2 Å². The number of anilines is 1. The molecule has 2 aliphatic heterocycles. The van der Waals surface area contributed by atoms with Crippen molar-refractivity contribution in [2.45, 2.75) is 6.54 Å². The van der Waals surface area contributed by atoms with Crippen LogP contribution in [0.3, 0.4) is 0 Å².